The van der Waals surface area contributed by atoms with Gasteiger partial charge in [-0.25, -0.2) is 0 Å². The molecule has 2 heterocycles. The quantitative estimate of drug-likeness (QED) is 0.424. The summed E-state index contributed by atoms with van der Waals surface area (Å²) < 4.78 is 44.9. The molecule has 0 saturated heterocycles. The highest BCUT2D eigenvalue weighted by Crippen LogP contribution is 2.36. The number of amides is 1. The number of ether oxygens (including phenoxy) is 1. The smallest absolute Gasteiger partial charge is 0.417 e. The second-order valence-corrected chi connectivity index (χ2v) is 8.48. The Labute approximate surface area is 205 Å². The van der Waals surface area contributed by atoms with Crippen LogP contribution in [0.2, 0.25) is 5.02 Å². The van der Waals surface area contributed by atoms with E-state index < -0.39 is 22.7 Å². The third-order valence-electron chi connectivity index (χ3n) is 5.24. The Morgan fingerprint density at radius 2 is 1.91 bits per heavy atom. The van der Waals surface area contributed by atoms with Crippen molar-refractivity contribution < 1.29 is 22.7 Å². The molecular formula is C25H22ClF3N4O2. The van der Waals surface area contributed by atoms with Crippen LogP contribution in [0.15, 0.2) is 65.8 Å². The van der Waals surface area contributed by atoms with Crippen LogP contribution >= 0.6 is 11.6 Å². The van der Waals surface area contributed by atoms with Crippen molar-refractivity contribution in [2.75, 3.05) is 11.9 Å². The molecule has 1 aliphatic rings. The van der Waals surface area contributed by atoms with E-state index in [4.69, 9.17) is 16.3 Å². The number of nitrogens with zero attached hydrogens (tertiary/aromatic N) is 2. The van der Waals surface area contributed by atoms with Crippen molar-refractivity contribution in [2.45, 2.75) is 32.0 Å². The third kappa shape index (κ3) is 6.51. The summed E-state index contributed by atoms with van der Waals surface area (Å²) in [5.41, 5.74) is 0.641. The number of pyridine rings is 1. The van der Waals surface area contributed by atoms with Crippen molar-refractivity contribution >= 4 is 29.0 Å². The number of halogens is 4. The van der Waals surface area contributed by atoms with Gasteiger partial charge < -0.3 is 15.4 Å². The van der Waals surface area contributed by atoms with Gasteiger partial charge in [-0.3, -0.25) is 14.8 Å². The lowest BCUT2D eigenvalue weighted by Gasteiger charge is -2.12. The van der Waals surface area contributed by atoms with Crippen LogP contribution < -0.4 is 15.4 Å². The summed E-state index contributed by atoms with van der Waals surface area (Å²) >= 11 is 5.61. The van der Waals surface area contributed by atoms with E-state index in [1.807, 2.05) is 25.1 Å². The van der Waals surface area contributed by atoms with Crippen LogP contribution in [0.3, 0.4) is 0 Å². The van der Waals surface area contributed by atoms with Crippen LogP contribution in [-0.2, 0) is 17.4 Å². The first kappa shape index (κ1) is 24.5. The molecule has 0 fully saturated rings. The van der Waals surface area contributed by atoms with Crippen LogP contribution in [0.4, 0.5) is 18.9 Å². The number of amidine groups is 1. The lowest BCUT2D eigenvalue weighted by molar-refractivity contribution is -0.137. The number of carbonyl (C=O) groups is 1. The molecule has 1 aliphatic heterocycles. The molecule has 0 aliphatic carbocycles. The number of alkyl halides is 3. The lowest BCUT2D eigenvalue weighted by Crippen LogP contribution is -2.21. The Hall–Kier alpha value is -3.59. The van der Waals surface area contributed by atoms with Gasteiger partial charge in [0.05, 0.1) is 16.6 Å². The number of hydrogen-bond donors (Lipinski definition) is 2. The number of aromatic nitrogens is 1. The summed E-state index contributed by atoms with van der Waals surface area (Å²) in [6.45, 7) is 2.79. The molecule has 2 N–H and O–H groups in total. The highest BCUT2D eigenvalue weighted by Gasteiger charge is 2.33. The summed E-state index contributed by atoms with van der Waals surface area (Å²) in [7, 11) is 0. The Morgan fingerprint density at radius 3 is 2.60 bits per heavy atom. The predicted octanol–water partition coefficient (Wildman–Crippen LogP) is 5.86. The van der Waals surface area contributed by atoms with Gasteiger partial charge in [0, 0.05) is 30.9 Å². The van der Waals surface area contributed by atoms with E-state index in [0.29, 0.717) is 23.6 Å². The van der Waals surface area contributed by atoms with Crippen LogP contribution in [0.1, 0.15) is 30.2 Å². The molecule has 10 heteroatoms. The molecule has 1 atom stereocenters. The molecule has 0 bridgehead atoms. The number of anilines is 1. The van der Waals surface area contributed by atoms with Crippen molar-refractivity contribution in [2.24, 2.45) is 4.99 Å². The van der Waals surface area contributed by atoms with Gasteiger partial charge in [0.15, 0.2) is 0 Å². The molecule has 182 valence electrons. The average molecular weight is 503 g/mol. The normalized spacial score (nSPS) is 15.3. The number of aliphatic imine (C=N–C) groups is 1. The SMILES string of the molecule is CC1CNC(c2cc(Oc3ccc(CCC(=O)Nc4ccc(Cl)c(C(F)(F)F)c4)cc3)ccn2)=N1. The molecule has 4 rings (SSSR count). The maximum absolute atomic E-state index is 13.0. The number of nitrogens with one attached hydrogen (secondary N) is 2. The topological polar surface area (TPSA) is 75.6 Å². The summed E-state index contributed by atoms with van der Waals surface area (Å²) in [5, 5.41) is 5.28. The van der Waals surface area contributed by atoms with Crippen molar-refractivity contribution in [3.05, 3.63) is 82.6 Å². The van der Waals surface area contributed by atoms with Crippen molar-refractivity contribution in [1.82, 2.24) is 10.3 Å². The number of benzene rings is 2. The number of hydrogen-bond acceptors (Lipinski definition) is 5. The average Bonchev–Trinajstić information content (AvgIpc) is 3.26. The second kappa shape index (κ2) is 10.4. The van der Waals surface area contributed by atoms with Gasteiger partial charge in [0.2, 0.25) is 5.91 Å². The maximum Gasteiger partial charge on any atom is 0.417 e. The molecule has 0 spiro atoms. The summed E-state index contributed by atoms with van der Waals surface area (Å²) in [6, 6.07) is 14.3. The molecule has 1 amide bonds. The molecule has 2 aromatic carbocycles. The minimum absolute atomic E-state index is 0.0421. The Bertz CT molecular complexity index is 1250. The highest BCUT2D eigenvalue weighted by atomic mass is 35.5. The van der Waals surface area contributed by atoms with E-state index in [1.54, 1.807) is 24.4 Å². The van der Waals surface area contributed by atoms with Crippen LogP contribution in [0.25, 0.3) is 0 Å². The van der Waals surface area contributed by atoms with Gasteiger partial charge in [-0.2, -0.15) is 13.2 Å². The maximum atomic E-state index is 13.0. The lowest BCUT2D eigenvalue weighted by atomic mass is 10.1. The first-order valence-corrected chi connectivity index (χ1v) is 11.3. The first-order valence-electron chi connectivity index (χ1n) is 10.9. The monoisotopic (exact) mass is 502 g/mol. The van der Waals surface area contributed by atoms with Gasteiger partial charge in [0.1, 0.15) is 23.0 Å². The van der Waals surface area contributed by atoms with Gasteiger partial charge in [-0.15, -0.1) is 0 Å². The van der Waals surface area contributed by atoms with Crippen molar-refractivity contribution in [3.63, 3.8) is 0 Å². The number of rotatable bonds is 7. The van der Waals surface area contributed by atoms with Crippen LogP contribution in [-0.4, -0.2) is 29.3 Å². The van der Waals surface area contributed by atoms with E-state index in [-0.39, 0.29) is 18.2 Å². The van der Waals surface area contributed by atoms with E-state index in [0.717, 1.165) is 30.1 Å². The Balaban J connectivity index is 1.31. The molecule has 6 nitrogen and oxygen atoms in total. The van der Waals surface area contributed by atoms with Gasteiger partial charge >= 0.3 is 6.18 Å². The second-order valence-electron chi connectivity index (χ2n) is 8.07. The standard InChI is InChI=1S/C25H22ClF3N4O2/c1-15-14-31-24(32-15)22-13-19(10-11-30-22)35-18-6-2-16(3-7-18)4-9-23(34)33-17-5-8-21(26)20(12-17)25(27,28)29/h2-3,5-8,10-13,15H,4,9,14H2,1H3,(H,31,32)(H,33,34). The minimum Gasteiger partial charge on any atom is -0.457 e. The zero-order valence-corrected chi connectivity index (χ0v) is 19.5. The highest BCUT2D eigenvalue weighted by molar-refractivity contribution is 6.31. The summed E-state index contributed by atoms with van der Waals surface area (Å²) in [5.74, 6) is 1.57. The zero-order valence-electron chi connectivity index (χ0n) is 18.7. The largest absolute Gasteiger partial charge is 0.457 e. The minimum atomic E-state index is -4.60. The van der Waals surface area contributed by atoms with Gasteiger partial charge in [-0.05, 0) is 55.3 Å². The number of aryl methyl sites for hydroxylation is 1. The summed E-state index contributed by atoms with van der Waals surface area (Å²) in [4.78, 5) is 21.1. The van der Waals surface area contributed by atoms with E-state index in [9.17, 15) is 18.0 Å². The van der Waals surface area contributed by atoms with E-state index >= 15 is 0 Å². The van der Waals surface area contributed by atoms with E-state index in [1.165, 1.54) is 6.07 Å². The van der Waals surface area contributed by atoms with Gasteiger partial charge in [0.25, 0.3) is 0 Å². The van der Waals surface area contributed by atoms with Crippen LogP contribution in [0.5, 0.6) is 11.5 Å². The molecule has 0 radical (unpaired) electrons. The zero-order chi connectivity index (χ0) is 25.0. The van der Waals surface area contributed by atoms with Crippen LogP contribution in [0, 0.1) is 0 Å². The predicted molar refractivity (Wildman–Crippen MR) is 128 cm³/mol. The molecular weight excluding hydrogens is 481 g/mol. The van der Waals surface area contributed by atoms with Gasteiger partial charge in [-0.1, -0.05) is 23.7 Å². The first-order chi connectivity index (χ1) is 16.7. The third-order valence-corrected chi connectivity index (χ3v) is 5.57. The fraction of sp³-hybridized carbons (Fsp3) is 0.240. The Morgan fingerprint density at radius 1 is 1.14 bits per heavy atom. The molecule has 0 saturated carbocycles. The Kier molecular flexibility index (Phi) is 7.25. The fourth-order valence-corrected chi connectivity index (χ4v) is 3.70. The molecule has 1 aromatic heterocycles. The van der Waals surface area contributed by atoms with Crippen molar-refractivity contribution in [1.29, 1.82) is 0 Å². The fourth-order valence-electron chi connectivity index (χ4n) is 3.48. The molecule has 3 aromatic rings. The molecule has 1 unspecified atom stereocenters. The van der Waals surface area contributed by atoms with Crippen molar-refractivity contribution in [3.8, 4) is 11.5 Å². The number of carbonyl (C=O) groups excluding carboxylic acids is 1. The molecule has 35 heavy (non-hydrogen) atoms. The van der Waals surface area contributed by atoms with E-state index in [2.05, 4.69) is 20.6 Å². The summed E-state index contributed by atoms with van der Waals surface area (Å²) in [6.07, 6.45) is -2.43.